The monoisotopic (exact) mass is 283 g/mol. The molecular formula is C13H18BrNO. The second-order valence-electron chi connectivity index (χ2n) is 4.39. The molecule has 2 nitrogen and oxygen atoms in total. The first-order valence-corrected chi connectivity index (χ1v) is 6.85. The number of ether oxygens (including phenoxy) is 1. The van der Waals surface area contributed by atoms with Gasteiger partial charge in [-0.25, -0.2) is 0 Å². The molecule has 1 heterocycles. The third-order valence-electron chi connectivity index (χ3n) is 3.15. The first-order chi connectivity index (χ1) is 7.81. The zero-order chi connectivity index (χ0) is 11.4. The Morgan fingerprint density at radius 1 is 1.38 bits per heavy atom. The van der Waals surface area contributed by atoms with Gasteiger partial charge in [-0.3, -0.25) is 4.90 Å². The van der Waals surface area contributed by atoms with E-state index in [4.69, 9.17) is 4.74 Å². The van der Waals surface area contributed by atoms with Gasteiger partial charge in [-0.15, -0.1) is 0 Å². The van der Waals surface area contributed by atoms with Gasteiger partial charge in [-0.1, -0.05) is 28.1 Å². The van der Waals surface area contributed by atoms with Gasteiger partial charge in [0.15, 0.2) is 0 Å². The predicted octanol–water partition coefficient (Wildman–Crippen LogP) is 2.91. The molecular weight excluding hydrogens is 266 g/mol. The van der Waals surface area contributed by atoms with Crippen molar-refractivity contribution in [1.29, 1.82) is 0 Å². The van der Waals surface area contributed by atoms with E-state index in [2.05, 4.69) is 33.0 Å². The van der Waals surface area contributed by atoms with E-state index in [1.165, 1.54) is 25.1 Å². The van der Waals surface area contributed by atoms with Crippen LogP contribution >= 0.6 is 15.9 Å². The van der Waals surface area contributed by atoms with Crippen molar-refractivity contribution in [2.75, 3.05) is 25.5 Å². The van der Waals surface area contributed by atoms with Crippen molar-refractivity contribution < 1.29 is 4.74 Å². The average molecular weight is 284 g/mol. The highest BCUT2D eigenvalue weighted by Crippen LogP contribution is 2.21. The van der Waals surface area contributed by atoms with Crippen molar-refractivity contribution in [2.45, 2.75) is 13.0 Å². The highest BCUT2D eigenvalue weighted by molar-refractivity contribution is 9.09. The standard InChI is InChI=1S/C13H18BrNO/c1-16-13-4-2-11(3-5-13)9-15-7-6-12(8-14)10-15/h2-5,12H,6-10H2,1H3. The van der Waals surface area contributed by atoms with E-state index in [-0.39, 0.29) is 0 Å². The molecule has 3 heteroatoms. The summed E-state index contributed by atoms with van der Waals surface area (Å²) in [5, 5.41) is 1.13. The molecule has 0 spiro atoms. The molecule has 1 saturated heterocycles. The van der Waals surface area contributed by atoms with E-state index in [9.17, 15) is 0 Å². The summed E-state index contributed by atoms with van der Waals surface area (Å²) in [4.78, 5) is 2.52. The molecule has 0 N–H and O–H groups in total. The van der Waals surface area contributed by atoms with Crippen LogP contribution in [0.15, 0.2) is 24.3 Å². The molecule has 2 rings (SSSR count). The molecule has 0 aliphatic carbocycles. The van der Waals surface area contributed by atoms with Gasteiger partial charge in [0, 0.05) is 18.4 Å². The molecule has 88 valence electrons. The topological polar surface area (TPSA) is 12.5 Å². The van der Waals surface area contributed by atoms with Crippen molar-refractivity contribution in [1.82, 2.24) is 4.90 Å². The zero-order valence-corrected chi connectivity index (χ0v) is 11.2. The molecule has 1 aromatic rings. The lowest BCUT2D eigenvalue weighted by Gasteiger charge is -2.15. The minimum absolute atomic E-state index is 0.832. The van der Waals surface area contributed by atoms with Crippen molar-refractivity contribution in [2.24, 2.45) is 5.92 Å². The zero-order valence-electron chi connectivity index (χ0n) is 9.66. The first-order valence-electron chi connectivity index (χ1n) is 5.73. The molecule has 1 aliphatic rings. The highest BCUT2D eigenvalue weighted by Gasteiger charge is 2.21. The molecule has 1 aliphatic heterocycles. The van der Waals surface area contributed by atoms with Crippen molar-refractivity contribution in [3.8, 4) is 5.75 Å². The fourth-order valence-corrected chi connectivity index (χ4v) is 2.70. The first kappa shape index (κ1) is 11.9. The number of likely N-dealkylation sites (tertiary alicyclic amines) is 1. The second-order valence-corrected chi connectivity index (χ2v) is 5.04. The summed E-state index contributed by atoms with van der Waals surface area (Å²) in [5.74, 6) is 1.77. The number of nitrogens with zero attached hydrogens (tertiary/aromatic N) is 1. The fourth-order valence-electron chi connectivity index (χ4n) is 2.17. The van der Waals surface area contributed by atoms with Gasteiger partial charge >= 0.3 is 0 Å². The normalized spacial score (nSPS) is 21.2. The van der Waals surface area contributed by atoms with E-state index < -0.39 is 0 Å². The maximum atomic E-state index is 5.15. The molecule has 0 radical (unpaired) electrons. The van der Waals surface area contributed by atoms with Gasteiger partial charge in [-0.05, 0) is 36.6 Å². The molecule has 0 amide bonds. The summed E-state index contributed by atoms with van der Waals surface area (Å²) >= 11 is 3.56. The quantitative estimate of drug-likeness (QED) is 0.788. The largest absolute Gasteiger partial charge is 0.497 e. The molecule has 0 saturated carbocycles. The van der Waals surface area contributed by atoms with Gasteiger partial charge in [0.25, 0.3) is 0 Å². The molecule has 16 heavy (non-hydrogen) atoms. The smallest absolute Gasteiger partial charge is 0.118 e. The summed E-state index contributed by atoms with van der Waals surface area (Å²) < 4.78 is 5.15. The van der Waals surface area contributed by atoms with E-state index in [0.717, 1.165) is 23.5 Å². The number of halogens is 1. The number of alkyl halides is 1. The average Bonchev–Trinajstić information content (AvgIpc) is 2.78. The van der Waals surface area contributed by atoms with Gasteiger partial charge < -0.3 is 4.74 Å². The number of methoxy groups -OCH3 is 1. The summed E-state index contributed by atoms with van der Waals surface area (Å²) in [6, 6.07) is 8.38. The van der Waals surface area contributed by atoms with Gasteiger partial charge in [0.05, 0.1) is 7.11 Å². The number of hydrogen-bond acceptors (Lipinski definition) is 2. The Balaban J connectivity index is 1.89. The summed E-state index contributed by atoms with van der Waals surface area (Å²) in [7, 11) is 1.70. The van der Waals surface area contributed by atoms with Crippen LogP contribution in [0.3, 0.4) is 0 Å². The third-order valence-corrected chi connectivity index (χ3v) is 4.07. The SMILES string of the molecule is COc1ccc(CN2CCC(CBr)C2)cc1. The molecule has 1 aromatic carbocycles. The van der Waals surface area contributed by atoms with Crippen LogP contribution < -0.4 is 4.74 Å². The Morgan fingerprint density at radius 2 is 2.12 bits per heavy atom. The van der Waals surface area contributed by atoms with Crippen LogP contribution in [0.4, 0.5) is 0 Å². The lowest BCUT2D eigenvalue weighted by Crippen LogP contribution is -2.20. The number of benzene rings is 1. The molecule has 1 unspecified atom stereocenters. The van der Waals surface area contributed by atoms with E-state index >= 15 is 0 Å². The van der Waals surface area contributed by atoms with Crippen LogP contribution in [0.5, 0.6) is 5.75 Å². The van der Waals surface area contributed by atoms with Crippen LogP contribution in [0.1, 0.15) is 12.0 Å². The molecule has 1 atom stereocenters. The van der Waals surface area contributed by atoms with E-state index in [1.54, 1.807) is 7.11 Å². The second kappa shape index (κ2) is 5.69. The maximum Gasteiger partial charge on any atom is 0.118 e. The van der Waals surface area contributed by atoms with Gasteiger partial charge in [-0.2, -0.15) is 0 Å². The van der Waals surface area contributed by atoms with Gasteiger partial charge in [0.2, 0.25) is 0 Å². The van der Waals surface area contributed by atoms with Crippen molar-refractivity contribution in [3.05, 3.63) is 29.8 Å². The Bertz CT molecular complexity index is 325. The highest BCUT2D eigenvalue weighted by atomic mass is 79.9. The Kier molecular flexibility index (Phi) is 4.24. The van der Waals surface area contributed by atoms with E-state index in [0.29, 0.717) is 0 Å². The summed E-state index contributed by atoms with van der Waals surface area (Å²) in [5.41, 5.74) is 1.37. The Hall–Kier alpha value is -0.540. The Morgan fingerprint density at radius 3 is 2.69 bits per heavy atom. The van der Waals surface area contributed by atoms with Crippen LogP contribution in [-0.4, -0.2) is 30.4 Å². The molecule has 0 aromatic heterocycles. The minimum atomic E-state index is 0.832. The van der Waals surface area contributed by atoms with Crippen LogP contribution in [0, 0.1) is 5.92 Å². The lowest BCUT2D eigenvalue weighted by molar-refractivity contribution is 0.321. The van der Waals surface area contributed by atoms with Crippen LogP contribution in [0.2, 0.25) is 0 Å². The minimum Gasteiger partial charge on any atom is -0.497 e. The lowest BCUT2D eigenvalue weighted by atomic mass is 10.2. The van der Waals surface area contributed by atoms with Gasteiger partial charge in [0.1, 0.15) is 5.75 Å². The predicted molar refractivity (Wildman–Crippen MR) is 70.2 cm³/mol. The maximum absolute atomic E-state index is 5.15. The van der Waals surface area contributed by atoms with Crippen LogP contribution in [-0.2, 0) is 6.54 Å². The van der Waals surface area contributed by atoms with Crippen LogP contribution in [0.25, 0.3) is 0 Å². The summed E-state index contributed by atoms with van der Waals surface area (Å²) in [6.07, 6.45) is 1.32. The number of rotatable bonds is 4. The number of hydrogen-bond donors (Lipinski definition) is 0. The van der Waals surface area contributed by atoms with E-state index in [1.807, 2.05) is 12.1 Å². The molecule has 1 fully saturated rings. The summed E-state index contributed by atoms with van der Waals surface area (Å²) in [6.45, 7) is 3.51. The molecule has 0 bridgehead atoms. The van der Waals surface area contributed by atoms with Crippen molar-refractivity contribution >= 4 is 15.9 Å². The third kappa shape index (κ3) is 2.98. The Labute approximate surface area is 106 Å². The fraction of sp³-hybridized carbons (Fsp3) is 0.538. The van der Waals surface area contributed by atoms with Crippen molar-refractivity contribution in [3.63, 3.8) is 0 Å².